The Morgan fingerprint density at radius 3 is 2.72 bits per heavy atom. The fourth-order valence-corrected chi connectivity index (χ4v) is 2.08. The second-order valence-electron chi connectivity index (χ2n) is 3.59. The van der Waals surface area contributed by atoms with Crippen molar-refractivity contribution in [3.8, 4) is 0 Å². The highest BCUT2D eigenvalue weighted by Gasteiger charge is 2.18. The van der Waals surface area contributed by atoms with Gasteiger partial charge in [-0.05, 0) is 47.7 Å². The maximum absolute atomic E-state index is 12.1. The van der Waals surface area contributed by atoms with E-state index in [9.17, 15) is 9.59 Å². The van der Waals surface area contributed by atoms with Crippen LogP contribution >= 0.6 is 34.2 Å². The van der Waals surface area contributed by atoms with E-state index < -0.39 is 5.97 Å². The fraction of sp³-hybridized carbons (Fsp3) is 0.333. The van der Waals surface area contributed by atoms with E-state index in [1.165, 1.54) is 4.90 Å². The lowest BCUT2D eigenvalue weighted by atomic mass is 10.2. The van der Waals surface area contributed by atoms with Crippen molar-refractivity contribution in [2.24, 2.45) is 0 Å². The third kappa shape index (κ3) is 4.13. The van der Waals surface area contributed by atoms with Crippen LogP contribution in [-0.4, -0.2) is 37.0 Å². The Morgan fingerprint density at radius 2 is 2.11 bits per heavy atom. The fourth-order valence-electron chi connectivity index (χ4n) is 1.34. The van der Waals surface area contributed by atoms with Gasteiger partial charge in [0.25, 0.3) is 5.91 Å². The zero-order valence-corrected chi connectivity index (χ0v) is 13.0. The second-order valence-corrected chi connectivity index (χ2v) is 5.19. The number of esters is 1. The molecule has 0 spiro atoms. The molecule has 0 atom stereocenters. The Kier molecular flexibility index (Phi) is 5.87. The van der Waals surface area contributed by atoms with E-state index in [1.54, 1.807) is 32.2 Å². The minimum absolute atomic E-state index is 0.0741. The summed E-state index contributed by atoms with van der Waals surface area (Å²) in [6.45, 7) is 1.95. The quantitative estimate of drug-likeness (QED) is 0.595. The molecule has 0 aliphatic rings. The monoisotopic (exact) mass is 381 g/mol. The molecule has 0 aliphatic heterocycles. The van der Waals surface area contributed by atoms with Crippen LogP contribution in [0.15, 0.2) is 18.2 Å². The average Bonchev–Trinajstić information content (AvgIpc) is 2.31. The van der Waals surface area contributed by atoms with Crippen molar-refractivity contribution in [3.05, 3.63) is 32.4 Å². The summed E-state index contributed by atoms with van der Waals surface area (Å²) in [5, 5.41) is 0.489. The van der Waals surface area contributed by atoms with Gasteiger partial charge in [0.15, 0.2) is 0 Å². The topological polar surface area (TPSA) is 46.6 Å². The van der Waals surface area contributed by atoms with E-state index >= 15 is 0 Å². The molecule has 0 saturated carbocycles. The van der Waals surface area contributed by atoms with Gasteiger partial charge < -0.3 is 9.64 Å². The van der Waals surface area contributed by atoms with Gasteiger partial charge in [0.1, 0.15) is 6.54 Å². The van der Waals surface area contributed by atoms with Gasteiger partial charge >= 0.3 is 5.97 Å². The van der Waals surface area contributed by atoms with Gasteiger partial charge in [-0.2, -0.15) is 0 Å². The Hall–Kier alpha value is -0.820. The van der Waals surface area contributed by atoms with E-state index in [0.717, 1.165) is 3.57 Å². The molecule has 0 saturated heterocycles. The van der Waals surface area contributed by atoms with Gasteiger partial charge in [0.2, 0.25) is 0 Å². The molecule has 98 valence electrons. The van der Waals surface area contributed by atoms with Crippen LogP contribution in [0, 0.1) is 3.57 Å². The molecule has 0 unspecified atom stereocenters. The lowest BCUT2D eigenvalue weighted by Crippen LogP contribution is -2.33. The van der Waals surface area contributed by atoms with Crippen LogP contribution in [0.3, 0.4) is 0 Å². The molecule has 0 N–H and O–H groups in total. The molecule has 0 heterocycles. The zero-order chi connectivity index (χ0) is 13.7. The van der Waals surface area contributed by atoms with Gasteiger partial charge in [-0.25, -0.2) is 0 Å². The third-order valence-electron chi connectivity index (χ3n) is 2.18. The summed E-state index contributed by atoms with van der Waals surface area (Å²) in [5.41, 5.74) is 0.481. The summed E-state index contributed by atoms with van der Waals surface area (Å²) < 4.78 is 5.58. The van der Waals surface area contributed by atoms with E-state index in [2.05, 4.69) is 22.6 Å². The lowest BCUT2D eigenvalue weighted by Gasteiger charge is -2.17. The number of nitrogens with zero attached hydrogens (tertiary/aromatic N) is 1. The van der Waals surface area contributed by atoms with Gasteiger partial charge in [0.05, 0.1) is 12.2 Å². The molecule has 1 aromatic carbocycles. The van der Waals surface area contributed by atoms with Gasteiger partial charge in [-0.1, -0.05) is 11.6 Å². The molecule has 0 bridgehead atoms. The first kappa shape index (κ1) is 15.2. The Balaban J connectivity index is 2.80. The highest BCUT2D eigenvalue weighted by Crippen LogP contribution is 2.19. The molecule has 1 aromatic rings. The van der Waals surface area contributed by atoms with Crippen LogP contribution in [0.25, 0.3) is 0 Å². The third-order valence-corrected chi connectivity index (χ3v) is 3.35. The number of hydrogen-bond acceptors (Lipinski definition) is 3. The number of carbonyl (C=O) groups is 2. The lowest BCUT2D eigenvalue weighted by molar-refractivity contribution is -0.143. The molecule has 1 rings (SSSR count). The smallest absolute Gasteiger partial charge is 0.325 e. The summed E-state index contributed by atoms with van der Waals surface area (Å²) in [6.07, 6.45) is 0. The molecule has 0 radical (unpaired) electrons. The van der Waals surface area contributed by atoms with E-state index in [1.807, 2.05) is 0 Å². The molecular weight excluding hydrogens is 368 g/mol. The number of benzene rings is 1. The predicted octanol–water partition coefficient (Wildman–Crippen LogP) is 2.58. The maximum atomic E-state index is 12.1. The molecule has 6 heteroatoms. The Bertz CT molecular complexity index is 465. The summed E-state index contributed by atoms with van der Waals surface area (Å²) in [7, 11) is 1.55. The SMILES string of the molecule is CCOC(=O)CN(C)C(=O)c1cc(Cl)ccc1I. The number of carbonyl (C=O) groups excluding carboxylic acids is 2. The van der Waals surface area contributed by atoms with Gasteiger partial charge in [-0.3, -0.25) is 9.59 Å². The summed E-state index contributed by atoms with van der Waals surface area (Å²) in [4.78, 5) is 24.7. The first-order chi connectivity index (χ1) is 8.45. The van der Waals surface area contributed by atoms with Crippen molar-refractivity contribution < 1.29 is 14.3 Å². The number of halogens is 2. The van der Waals surface area contributed by atoms with E-state index in [0.29, 0.717) is 17.2 Å². The van der Waals surface area contributed by atoms with Crippen molar-refractivity contribution in [1.29, 1.82) is 0 Å². The normalized spacial score (nSPS) is 10.0. The molecule has 0 aromatic heterocycles. The molecule has 1 amide bonds. The minimum atomic E-state index is -0.426. The number of amides is 1. The highest BCUT2D eigenvalue weighted by molar-refractivity contribution is 14.1. The first-order valence-corrected chi connectivity index (χ1v) is 6.77. The van der Waals surface area contributed by atoms with Crippen molar-refractivity contribution in [2.75, 3.05) is 20.2 Å². The molecule has 0 fully saturated rings. The van der Waals surface area contributed by atoms with Crippen LogP contribution in [-0.2, 0) is 9.53 Å². The first-order valence-electron chi connectivity index (χ1n) is 5.31. The van der Waals surface area contributed by atoms with Crippen LogP contribution in [0.5, 0.6) is 0 Å². The molecule has 4 nitrogen and oxygen atoms in total. The Morgan fingerprint density at radius 1 is 1.44 bits per heavy atom. The van der Waals surface area contributed by atoms with Crippen molar-refractivity contribution in [3.63, 3.8) is 0 Å². The molecular formula is C12H13ClINO3. The largest absolute Gasteiger partial charge is 0.465 e. The minimum Gasteiger partial charge on any atom is -0.465 e. The number of likely N-dealkylation sites (N-methyl/N-ethyl adjacent to an activating group) is 1. The van der Waals surface area contributed by atoms with Crippen molar-refractivity contribution in [2.45, 2.75) is 6.92 Å². The predicted molar refractivity (Wildman–Crippen MR) is 77.8 cm³/mol. The number of hydrogen-bond donors (Lipinski definition) is 0. The van der Waals surface area contributed by atoms with Crippen LogP contribution in [0.2, 0.25) is 5.02 Å². The average molecular weight is 382 g/mol. The van der Waals surface area contributed by atoms with Crippen LogP contribution < -0.4 is 0 Å². The summed E-state index contributed by atoms with van der Waals surface area (Å²) >= 11 is 7.91. The van der Waals surface area contributed by atoms with Crippen LogP contribution in [0.4, 0.5) is 0 Å². The Labute approximate surface area is 124 Å². The summed E-state index contributed by atoms with van der Waals surface area (Å²) in [5.74, 6) is -0.680. The van der Waals surface area contributed by atoms with Crippen molar-refractivity contribution >= 4 is 46.1 Å². The van der Waals surface area contributed by atoms with E-state index in [-0.39, 0.29) is 12.5 Å². The molecule has 0 aliphatic carbocycles. The van der Waals surface area contributed by atoms with Gasteiger partial charge in [-0.15, -0.1) is 0 Å². The highest BCUT2D eigenvalue weighted by atomic mass is 127. The standard InChI is InChI=1S/C12H13ClINO3/c1-3-18-11(16)7-15(2)12(17)9-6-8(13)4-5-10(9)14/h4-6H,3,7H2,1-2H3. The van der Waals surface area contributed by atoms with Crippen LogP contribution in [0.1, 0.15) is 17.3 Å². The van der Waals surface area contributed by atoms with Crippen molar-refractivity contribution in [1.82, 2.24) is 4.90 Å². The summed E-state index contributed by atoms with van der Waals surface area (Å²) in [6, 6.07) is 5.06. The van der Waals surface area contributed by atoms with E-state index in [4.69, 9.17) is 16.3 Å². The number of rotatable bonds is 4. The molecule has 18 heavy (non-hydrogen) atoms. The van der Waals surface area contributed by atoms with Gasteiger partial charge in [0, 0.05) is 15.6 Å². The zero-order valence-electron chi connectivity index (χ0n) is 10.1. The maximum Gasteiger partial charge on any atom is 0.325 e. The number of ether oxygens (including phenoxy) is 1. The second kappa shape index (κ2) is 6.94.